The zero-order valence-corrected chi connectivity index (χ0v) is 20.7. The van der Waals surface area contributed by atoms with Gasteiger partial charge in [-0.25, -0.2) is 8.42 Å². The molecule has 11 heteroatoms. The van der Waals surface area contributed by atoms with E-state index < -0.39 is 10.0 Å². The summed E-state index contributed by atoms with van der Waals surface area (Å²) in [6.45, 7) is 5.10. The summed E-state index contributed by atoms with van der Waals surface area (Å²) in [4.78, 5) is 6.39. The van der Waals surface area contributed by atoms with Crippen molar-refractivity contribution in [2.75, 3.05) is 52.2 Å². The molecule has 160 valence electrons. The van der Waals surface area contributed by atoms with E-state index in [2.05, 4.69) is 10.3 Å². The van der Waals surface area contributed by atoms with Crippen LogP contribution in [0.15, 0.2) is 23.2 Å². The molecule has 0 aromatic heterocycles. The van der Waals surface area contributed by atoms with Crippen LogP contribution in [0, 0.1) is 0 Å². The van der Waals surface area contributed by atoms with E-state index in [0.29, 0.717) is 55.4 Å². The van der Waals surface area contributed by atoms with Gasteiger partial charge in [0.15, 0.2) is 5.96 Å². The summed E-state index contributed by atoms with van der Waals surface area (Å²) in [5.74, 6) is 0.614. The highest BCUT2D eigenvalue weighted by molar-refractivity contribution is 14.0. The Balaban J connectivity index is 0.00000392. The Morgan fingerprint density at radius 3 is 2.57 bits per heavy atom. The van der Waals surface area contributed by atoms with Crippen LogP contribution in [0.2, 0.25) is 10.0 Å². The Kier molecular flexibility index (Phi) is 11.4. The molecule has 0 saturated carbocycles. The largest absolute Gasteiger partial charge is 0.379 e. The molecular formula is C17H27Cl2IN4O3S. The van der Waals surface area contributed by atoms with E-state index >= 15 is 0 Å². The van der Waals surface area contributed by atoms with Crippen LogP contribution >= 0.6 is 47.2 Å². The molecule has 0 bridgehead atoms. The number of guanidine groups is 1. The second kappa shape index (κ2) is 12.4. The molecule has 0 amide bonds. The van der Waals surface area contributed by atoms with Crippen molar-refractivity contribution in [3.8, 4) is 0 Å². The third kappa shape index (κ3) is 7.83. The van der Waals surface area contributed by atoms with E-state index in [9.17, 15) is 8.42 Å². The Bertz CT molecular complexity index is 759. The van der Waals surface area contributed by atoms with Crippen molar-refractivity contribution in [1.29, 1.82) is 0 Å². The van der Waals surface area contributed by atoms with Gasteiger partial charge in [-0.15, -0.1) is 24.0 Å². The number of ether oxygens (including phenoxy) is 1. The SMILES string of the molecule is CCNC(=NCCS(=O)(=O)N1CCOCC1)N(C)Cc1ccc(Cl)c(Cl)c1.I. The summed E-state index contributed by atoms with van der Waals surface area (Å²) in [5, 5.41) is 4.19. The quantitative estimate of drug-likeness (QED) is 0.313. The lowest BCUT2D eigenvalue weighted by Gasteiger charge is -2.26. The Labute approximate surface area is 194 Å². The Morgan fingerprint density at radius 2 is 1.96 bits per heavy atom. The van der Waals surface area contributed by atoms with Crippen molar-refractivity contribution in [2.24, 2.45) is 4.99 Å². The maximum atomic E-state index is 12.4. The van der Waals surface area contributed by atoms with Gasteiger partial charge in [0, 0.05) is 33.2 Å². The minimum Gasteiger partial charge on any atom is -0.379 e. The van der Waals surface area contributed by atoms with Gasteiger partial charge in [-0.2, -0.15) is 4.31 Å². The number of halogens is 3. The molecule has 7 nitrogen and oxygen atoms in total. The van der Waals surface area contributed by atoms with Crippen molar-refractivity contribution >= 4 is 63.2 Å². The Morgan fingerprint density at radius 1 is 1.29 bits per heavy atom. The average molecular weight is 565 g/mol. The molecule has 0 unspecified atom stereocenters. The van der Waals surface area contributed by atoms with Crippen LogP contribution in [0.3, 0.4) is 0 Å². The van der Waals surface area contributed by atoms with Crippen molar-refractivity contribution in [3.63, 3.8) is 0 Å². The third-order valence-corrected chi connectivity index (χ3v) is 6.66. The maximum absolute atomic E-state index is 12.4. The zero-order chi connectivity index (χ0) is 19.9. The van der Waals surface area contributed by atoms with Crippen LogP contribution in [0.1, 0.15) is 12.5 Å². The van der Waals surface area contributed by atoms with Gasteiger partial charge in [0.05, 0.1) is 35.6 Å². The molecule has 1 aromatic rings. The van der Waals surface area contributed by atoms with Gasteiger partial charge in [0.2, 0.25) is 10.0 Å². The van der Waals surface area contributed by atoms with Crippen molar-refractivity contribution in [2.45, 2.75) is 13.5 Å². The summed E-state index contributed by atoms with van der Waals surface area (Å²) in [7, 11) is -1.43. The second-order valence-electron chi connectivity index (χ2n) is 6.17. The lowest BCUT2D eigenvalue weighted by molar-refractivity contribution is 0.0731. The third-order valence-electron chi connectivity index (χ3n) is 4.07. The van der Waals surface area contributed by atoms with Crippen LogP contribution in [-0.4, -0.2) is 75.8 Å². The normalized spacial score (nSPS) is 15.8. The number of nitrogens with one attached hydrogen (secondary N) is 1. The van der Waals surface area contributed by atoms with E-state index in [4.69, 9.17) is 27.9 Å². The predicted molar refractivity (Wildman–Crippen MR) is 126 cm³/mol. The number of hydrogen-bond acceptors (Lipinski definition) is 4. The first-order valence-corrected chi connectivity index (χ1v) is 11.2. The number of hydrogen-bond donors (Lipinski definition) is 1. The lowest BCUT2D eigenvalue weighted by Crippen LogP contribution is -2.42. The summed E-state index contributed by atoms with van der Waals surface area (Å²) >= 11 is 12.0. The molecule has 1 heterocycles. The van der Waals surface area contributed by atoms with Crippen molar-refractivity contribution < 1.29 is 13.2 Å². The summed E-state index contributed by atoms with van der Waals surface area (Å²) < 4.78 is 31.5. The molecule has 1 N–H and O–H groups in total. The van der Waals surface area contributed by atoms with Gasteiger partial charge >= 0.3 is 0 Å². The van der Waals surface area contributed by atoms with Crippen molar-refractivity contribution in [3.05, 3.63) is 33.8 Å². The van der Waals surface area contributed by atoms with E-state index in [0.717, 1.165) is 5.56 Å². The van der Waals surface area contributed by atoms with Gasteiger partial charge in [-0.05, 0) is 24.6 Å². The minimum atomic E-state index is -3.32. The second-order valence-corrected chi connectivity index (χ2v) is 9.07. The zero-order valence-electron chi connectivity index (χ0n) is 16.0. The first-order valence-electron chi connectivity index (χ1n) is 8.82. The summed E-state index contributed by atoms with van der Waals surface area (Å²) in [6.07, 6.45) is 0. The van der Waals surface area contributed by atoms with Crippen LogP contribution in [0.5, 0.6) is 0 Å². The Hall–Kier alpha value is -0.330. The standard InChI is InChI=1S/C17H26Cl2N4O3S.HI/c1-3-20-17(22(2)13-14-4-5-15(18)16(19)12-14)21-6-11-27(24,25)23-7-9-26-10-8-23;/h4-5,12H,3,6-11,13H2,1-2H3,(H,20,21);1H. The summed E-state index contributed by atoms with van der Waals surface area (Å²) in [6, 6.07) is 5.47. The smallest absolute Gasteiger partial charge is 0.216 e. The highest BCUT2D eigenvalue weighted by atomic mass is 127. The van der Waals surface area contributed by atoms with Crippen LogP contribution in [-0.2, 0) is 21.3 Å². The molecule has 2 rings (SSSR count). The fourth-order valence-electron chi connectivity index (χ4n) is 2.68. The molecule has 0 aliphatic carbocycles. The molecule has 0 atom stereocenters. The summed E-state index contributed by atoms with van der Waals surface area (Å²) in [5.41, 5.74) is 0.985. The van der Waals surface area contributed by atoms with Gasteiger partial charge in [-0.3, -0.25) is 4.99 Å². The highest BCUT2D eigenvalue weighted by Gasteiger charge is 2.23. The van der Waals surface area contributed by atoms with Gasteiger partial charge < -0.3 is 15.0 Å². The average Bonchev–Trinajstić information content (AvgIpc) is 2.64. The number of nitrogens with zero attached hydrogens (tertiary/aromatic N) is 3. The van der Waals surface area contributed by atoms with E-state index in [1.165, 1.54) is 4.31 Å². The van der Waals surface area contributed by atoms with Gasteiger partial charge in [-0.1, -0.05) is 29.3 Å². The fraction of sp³-hybridized carbons (Fsp3) is 0.588. The van der Waals surface area contributed by atoms with Crippen molar-refractivity contribution in [1.82, 2.24) is 14.5 Å². The molecule has 28 heavy (non-hydrogen) atoms. The van der Waals surface area contributed by atoms with Gasteiger partial charge in [0.25, 0.3) is 0 Å². The number of rotatable bonds is 7. The molecular weight excluding hydrogens is 538 g/mol. The predicted octanol–water partition coefficient (Wildman–Crippen LogP) is 2.67. The van der Waals surface area contributed by atoms with Crippen LogP contribution in [0.4, 0.5) is 0 Å². The fourth-order valence-corrected chi connectivity index (χ4v) is 4.28. The topological polar surface area (TPSA) is 74.2 Å². The van der Waals surface area contributed by atoms with E-state index in [1.54, 1.807) is 6.07 Å². The van der Waals surface area contributed by atoms with Gasteiger partial charge in [0.1, 0.15) is 0 Å². The first kappa shape index (κ1) is 25.7. The molecule has 1 saturated heterocycles. The lowest BCUT2D eigenvalue weighted by atomic mass is 10.2. The van der Waals surface area contributed by atoms with E-state index in [-0.39, 0.29) is 36.3 Å². The molecule has 1 aromatic carbocycles. The molecule has 1 fully saturated rings. The molecule has 0 spiro atoms. The van der Waals surface area contributed by atoms with E-state index in [1.807, 2.05) is 31.0 Å². The number of aliphatic imine (C=N–C) groups is 1. The molecule has 1 aliphatic rings. The van der Waals surface area contributed by atoms with Crippen LogP contribution < -0.4 is 5.32 Å². The monoisotopic (exact) mass is 564 g/mol. The maximum Gasteiger partial charge on any atom is 0.216 e. The molecule has 1 aliphatic heterocycles. The minimum absolute atomic E-state index is 0. The highest BCUT2D eigenvalue weighted by Crippen LogP contribution is 2.23. The first-order chi connectivity index (χ1) is 12.8. The number of benzene rings is 1. The molecule has 0 radical (unpaired) electrons. The number of sulfonamides is 1. The number of morpholine rings is 1. The van der Waals surface area contributed by atoms with Crippen LogP contribution in [0.25, 0.3) is 0 Å².